The number of halogens is 2. The van der Waals surface area contributed by atoms with Crippen LogP contribution >= 0.6 is 23.2 Å². The van der Waals surface area contributed by atoms with Crippen LogP contribution in [0.3, 0.4) is 0 Å². The molecule has 9 heteroatoms. The lowest BCUT2D eigenvalue weighted by atomic mass is 10.0. The zero-order valence-corrected chi connectivity index (χ0v) is 31.3. The molecule has 7 nitrogen and oxygen atoms in total. The molecule has 0 aliphatic heterocycles. The monoisotopic (exact) mass is 755 g/mol. The summed E-state index contributed by atoms with van der Waals surface area (Å²) < 4.78 is 14.0. The van der Waals surface area contributed by atoms with Crippen LogP contribution in [0.1, 0.15) is 13.8 Å². The minimum absolute atomic E-state index is 0.170. The molecule has 11 aromatic rings. The molecule has 0 aliphatic carbocycles. The molecular formula is C46H31Cl2N5O2. The average Bonchev–Trinajstić information content (AvgIpc) is 3.91. The number of nitrogens with zero attached hydrogens (tertiary/aromatic N) is 5. The molecule has 0 spiro atoms. The van der Waals surface area contributed by atoms with Gasteiger partial charge in [-0.25, -0.2) is 9.97 Å². The molecule has 0 amide bonds. The van der Waals surface area contributed by atoms with E-state index in [1.807, 2.05) is 98.8 Å². The van der Waals surface area contributed by atoms with Crippen molar-refractivity contribution in [2.45, 2.75) is 13.8 Å². The van der Waals surface area contributed by atoms with Crippen molar-refractivity contribution in [2.24, 2.45) is 0 Å². The van der Waals surface area contributed by atoms with Gasteiger partial charge in [-0.15, -0.1) is 0 Å². The molecule has 266 valence electrons. The average molecular weight is 757 g/mol. The minimum atomic E-state index is 0.170. The maximum Gasteiger partial charge on any atom is 0.232 e. The van der Waals surface area contributed by atoms with Crippen LogP contribution in [0, 0.1) is 0 Å². The molecule has 0 saturated heterocycles. The predicted octanol–water partition coefficient (Wildman–Crippen LogP) is 13.5. The Kier molecular flexibility index (Phi) is 8.94. The Morgan fingerprint density at radius 3 is 1.51 bits per heavy atom. The molecule has 0 N–H and O–H groups in total. The number of benzene rings is 6. The quantitative estimate of drug-likeness (QED) is 0.167. The minimum Gasteiger partial charge on any atom is -0.438 e. The van der Waals surface area contributed by atoms with Gasteiger partial charge in [0.15, 0.2) is 0 Å². The number of hydrogen-bond donors (Lipinski definition) is 0. The van der Waals surface area contributed by atoms with Crippen molar-refractivity contribution in [3.8, 4) is 28.2 Å². The van der Waals surface area contributed by atoms with Gasteiger partial charge in [0.05, 0.1) is 33.2 Å². The largest absolute Gasteiger partial charge is 0.438 e. The van der Waals surface area contributed by atoms with Crippen LogP contribution in [0.4, 0.5) is 0 Å². The van der Waals surface area contributed by atoms with Crippen molar-refractivity contribution in [2.75, 3.05) is 0 Å². The summed E-state index contributed by atoms with van der Waals surface area (Å²) in [6.45, 7) is 4.00. The number of rotatable bonds is 3. The van der Waals surface area contributed by atoms with Crippen LogP contribution in [0.5, 0.6) is 0 Å². The first-order valence-electron chi connectivity index (χ1n) is 17.9. The van der Waals surface area contributed by atoms with Crippen molar-refractivity contribution in [1.29, 1.82) is 0 Å². The normalized spacial score (nSPS) is 11.3. The fourth-order valence-electron chi connectivity index (χ4n) is 7.18. The molecule has 0 radical (unpaired) electrons. The maximum absolute atomic E-state index is 6.31. The Bertz CT molecular complexity index is 3150. The highest BCUT2D eigenvalue weighted by Gasteiger charge is 2.19. The molecule has 55 heavy (non-hydrogen) atoms. The first-order chi connectivity index (χ1) is 27.1. The highest BCUT2D eigenvalue weighted by molar-refractivity contribution is 6.29. The molecule has 0 bridgehead atoms. The number of fused-ring (bicyclic) bond motifs is 9. The molecule has 0 unspecified atom stereocenters. The third-order valence-electron chi connectivity index (χ3n) is 9.43. The van der Waals surface area contributed by atoms with E-state index in [4.69, 9.17) is 32.0 Å². The lowest BCUT2D eigenvalue weighted by Gasteiger charge is -2.08. The summed E-state index contributed by atoms with van der Waals surface area (Å²) in [5, 5.41) is 6.45. The van der Waals surface area contributed by atoms with Gasteiger partial charge < -0.3 is 13.4 Å². The first kappa shape index (κ1) is 34.2. The lowest BCUT2D eigenvalue weighted by Crippen LogP contribution is -1.93. The van der Waals surface area contributed by atoms with E-state index in [1.165, 1.54) is 5.39 Å². The first-order valence-corrected chi connectivity index (χ1v) is 18.7. The van der Waals surface area contributed by atoms with E-state index in [1.54, 1.807) is 0 Å². The van der Waals surface area contributed by atoms with Crippen LogP contribution in [-0.2, 0) is 0 Å². The number of para-hydroxylation sites is 4. The number of aromatic nitrogens is 5. The maximum atomic E-state index is 6.31. The van der Waals surface area contributed by atoms with E-state index in [-0.39, 0.29) is 10.6 Å². The summed E-state index contributed by atoms with van der Waals surface area (Å²) in [6, 6.07) is 51.0. The Morgan fingerprint density at radius 1 is 0.436 bits per heavy atom. The van der Waals surface area contributed by atoms with Gasteiger partial charge in [-0.2, -0.15) is 9.97 Å². The molecule has 0 saturated carbocycles. The summed E-state index contributed by atoms with van der Waals surface area (Å²) in [6.07, 6.45) is 0. The van der Waals surface area contributed by atoms with Gasteiger partial charge >= 0.3 is 0 Å². The molecule has 0 aliphatic rings. The number of hydrogen-bond acceptors (Lipinski definition) is 6. The van der Waals surface area contributed by atoms with Crippen molar-refractivity contribution < 1.29 is 8.83 Å². The highest BCUT2D eigenvalue weighted by Crippen LogP contribution is 2.39. The Balaban J connectivity index is 0.000000154. The number of furan rings is 2. The lowest BCUT2D eigenvalue weighted by molar-refractivity contribution is 0.652. The van der Waals surface area contributed by atoms with Crippen molar-refractivity contribution in [3.05, 3.63) is 162 Å². The van der Waals surface area contributed by atoms with E-state index in [9.17, 15) is 0 Å². The second-order valence-corrected chi connectivity index (χ2v) is 13.2. The van der Waals surface area contributed by atoms with Gasteiger partial charge in [0.2, 0.25) is 22.0 Å². The van der Waals surface area contributed by atoms with Crippen molar-refractivity contribution >= 4 is 89.1 Å². The third-order valence-corrected chi connectivity index (χ3v) is 9.77. The fourth-order valence-corrected chi connectivity index (χ4v) is 7.51. The molecule has 0 atom stereocenters. The molecular weight excluding hydrogens is 725 g/mol. The van der Waals surface area contributed by atoms with Gasteiger partial charge in [-0.3, -0.25) is 0 Å². The molecule has 0 fully saturated rings. The Morgan fingerprint density at radius 2 is 0.909 bits per heavy atom. The fraction of sp³-hybridized carbons (Fsp3) is 0.0435. The zero-order chi connectivity index (χ0) is 37.5. The smallest absolute Gasteiger partial charge is 0.232 e. The molecule has 11 rings (SSSR count). The van der Waals surface area contributed by atoms with E-state index in [0.717, 1.165) is 77.3 Å². The van der Waals surface area contributed by atoms with Gasteiger partial charge in [0, 0.05) is 38.4 Å². The summed E-state index contributed by atoms with van der Waals surface area (Å²) in [5.74, 6) is 0. The van der Waals surface area contributed by atoms with Crippen molar-refractivity contribution in [3.63, 3.8) is 0 Å². The van der Waals surface area contributed by atoms with Crippen LogP contribution in [0.2, 0.25) is 10.6 Å². The van der Waals surface area contributed by atoms with Gasteiger partial charge in [0.1, 0.15) is 11.2 Å². The summed E-state index contributed by atoms with van der Waals surface area (Å²) in [7, 11) is 0. The summed E-state index contributed by atoms with van der Waals surface area (Å²) in [5.41, 5.74) is 9.54. The Hall–Kier alpha value is -6.54. The van der Waals surface area contributed by atoms with Gasteiger partial charge in [0.25, 0.3) is 0 Å². The third kappa shape index (κ3) is 6.04. The van der Waals surface area contributed by atoms with Gasteiger partial charge in [-0.05, 0) is 65.7 Å². The van der Waals surface area contributed by atoms with Gasteiger partial charge in [-0.1, -0.05) is 123 Å². The van der Waals surface area contributed by atoms with E-state index >= 15 is 0 Å². The second kappa shape index (κ2) is 14.4. The van der Waals surface area contributed by atoms with E-state index in [0.29, 0.717) is 11.4 Å². The highest BCUT2D eigenvalue weighted by atomic mass is 35.5. The van der Waals surface area contributed by atoms with Crippen LogP contribution in [0.15, 0.2) is 160 Å². The van der Waals surface area contributed by atoms with Crippen LogP contribution in [-0.4, -0.2) is 24.5 Å². The van der Waals surface area contributed by atoms with Crippen LogP contribution in [0.25, 0.3) is 94.1 Å². The van der Waals surface area contributed by atoms with E-state index in [2.05, 4.69) is 91.2 Å². The predicted molar refractivity (Wildman–Crippen MR) is 225 cm³/mol. The molecule has 5 heterocycles. The topological polar surface area (TPSA) is 82.8 Å². The van der Waals surface area contributed by atoms with Crippen molar-refractivity contribution in [1.82, 2.24) is 24.5 Å². The summed E-state index contributed by atoms with van der Waals surface area (Å²) >= 11 is 12.3. The molecule has 6 aromatic carbocycles. The summed E-state index contributed by atoms with van der Waals surface area (Å²) in [4.78, 5) is 17.5. The zero-order valence-electron chi connectivity index (χ0n) is 29.7. The second-order valence-electron chi connectivity index (χ2n) is 12.5. The standard InChI is InChI=1S/C28H16ClN3O.C16H9ClN2O.C2H6/c29-28-30-26(25-20-11-5-7-13-24(20)33-27(25)31-28)17-14-15-23-21(16-17)19-10-4-6-12-22(19)32(23)18-8-2-1-3-9-18;17-16-18-14(10-6-2-1-3-7-10)13-11-8-4-5-9-12(11)20-15(13)19-16;1-2/h1-16H;1-9H;1-2H3. The molecule has 5 aromatic heterocycles. The van der Waals surface area contributed by atoms with E-state index < -0.39 is 0 Å². The Labute approximate surface area is 325 Å². The van der Waals surface area contributed by atoms with Crippen LogP contribution < -0.4 is 0 Å². The SMILES string of the molecule is CC.Clc1nc(-c2ccc3c(c2)c2ccccc2n3-c2ccccc2)c2c(n1)oc1ccccc12.Clc1nc(-c2ccccc2)c2c(n1)oc1ccccc12.